The Kier molecular flexibility index (Phi) is 4.82. The normalized spacial score (nSPS) is 12.5. The Labute approximate surface area is 128 Å². The second kappa shape index (κ2) is 6.27. The van der Waals surface area contributed by atoms with Gasteiger partial charge in [-0.05, 0) is 32.2 Å². The van der Waals surface area contributed by atoms with Gasteiger partial charge in [-0.15, -0.1) is 11.3 Å². The van der Waals surface area contributed by atoms with Gasteiger partial charge in [0.15, 0.2) is 5.03 Å². The van der Waals surface area contributed by atoms with Crippen molar-refractivity contribution in [3.8, 4) is 0 Å². The van der Waals surface area contributed by atoms with Gasteiger partial charge in [0.05, 0.1) is 6.61 Å². The van der Waals surface area contributed by atoms with E-state index in [1.807, 2.05) is 31.4 Å². The number of aliphatic hydroxyl groups excluding tert-OH is 1. The van der Waals surface area contributed by atoms with Crippen molar-refractivity contribution in [1.29, 1.82) is 0 Å². The number of hydrogen-bond acceptors (Lipinski definition) is 5. The van der Waals surface area contributed by atoms with Gasteiger partial charge in [-0.3, -0.25) is 5.10 Å². The maximum Gasteiger partial charge on any atom is 0.263 e. The molecular weight excluding hydrogens is 310 g/mol. The van der Waals surface area contributed by atoms with Crippen molar-refractivity contribution in [3.05, 3.63) is 33.6 Å². The first kappa shape index (κ1) is 16.2. The van der Waals surface area contributed by atoms with E-state index < -0.39 is 10.0 Å². The molecule has 0 aliphatic heterocycles. The SMILES string of the molecule is Cc1[nH]nc(S(=O)(=O)N(Cc2cccs2)C(C)C)c1CO. The highest BCUT2D eigenvalue weighted by Crippen LogP contribution is 2.25. The molecule has 2 N–H and O–H groups in total. The van der Waals surface area contributed by atoms with Crippen LogP contribution in [0, 0.1) is 6.92 Å². The number of aliphatic hydroxyl groups is 1. The van der Waals surface area contributed by atoms with Crippen LogP contribution < -0.4 is 0 Å². The topological polar surface area (TPSA) is 86.3 Å². The minimum atomic E-state index is -3.76. The third-order valence-corrected chi connectivity index (χ3v) is 6.07. The molecule has 0 radical (unpaired) electrons. The molecule has 0 bridgehead atoms. The van der Waals surface area contributed by atoms with E-state index in [-0.39, 0.29) is 17.7 Å². The highest BCUT2D eigenvalue weighted by atomic mass is 32.2. The monoisotopic (exact) mass is 329 g/mol. The molecule has 6 nitrogen and oxygen atoms in total. The fourth-order valence-corrected chi connectivity index (χ4v) is 4.60. The molecule has 8 heteroatoms. The van der Waals surface area contributed by atoms with Crippen molar-refractivity contribution >= 4 is 21.4 Å². The van der Waals surface area contributed by atoms with Crippen molar-refractivity contribution in [2.24, 2.45) is 0 Å². The van der Waals surface area contributed by atoms with Crippen LogP contribution in [0.2, 0.25) is 0 Å². The smallest absolute Gasteiger partial charge is 0.263 e. The average Bonchev–Trinajstić information content (AvgIpc) is 3.04. The molecule has 0 saturated carbocycles. The van der Waals surface area contributed by atoms with Gasteiger partial charge in [0.2, 0.25) is 0 Å². The van der Waals surface area contributed by atoms with Crippen LogP contribution in [0.5, 0.6) is 0 Å². The maximum absolute atomic E-state index is 12.8. The summed E-state index contributed by atoms with van der Waals surface area (Å²) in [4.78, 5) is 0.963. The number of aromatic nitrogens is 2. The molecule has 0 spiro atoms. The molecule has 0 aliphatic rings. The first-order valence-corrected chi connectivity index (χ1v) is 8.88. The number of hydrogen-bond donors (Lipinski definition) is 2. The molecule has 0 amide bonds. The third-order valence-electron chi connectivity index (χ3n) is 3.21. The van der Waals surface area contributed by atoms with Gasteiger partial charge < -0.3 is 5.11 Å². The van der Waals surface area contributed by atoms with Gasteiger partial charge in [-0.2, -0.15) is 9.40 Å². The Hall–Kier alpha value is -1.22. The Morgan fingerprint density at radius 3 is 2.71 bits per heavy atom. The summed E-state index contributed by atoms with van der Waals surface area (Å²) in [5.74, 6) is 0. The van der Waals surface area contributed by atoms with Crippen LogP contribution in [0.15, 0.2) is 22.5 Å². The first-order chi connectivity index (χ1) is 9.87. The zero-order chi connectivity index (χ0) is 15.6. The van der Waals surface area contributed by atoms with Crippen molar-refractivity contribution in [3.63, 3.8) is 0 Å². The molecule has 0 atom stereocenters. The fourth-order valence-electron chi connectivity index (χ4n) is 2.04. The lowest BCUT2D eigenvalue weighted by Gasteiger charge is -2.24. The van der Waals surface area contributed by atoms with Crippen molar-refractivity contribution < 1.29 is 13.5 Å². The minimum absolute atomic E-state index is 0.0900. The van der Waals surface area contributed by atoms with Gasteiger partial charge in [0.25, 0.3) is 10.0 Å². The molecule has 2 rings (SSSR count). The quantitative estimate of drug-likeness (QED) is 0.847. The predicted octanol–water partition coefficient (Wildman–Crippen LogP) is 1.87. The fraction of sp³-hybridized carbons (Fsp3) is 0.462. The van der Waals surface area contributed by atoms with Crippen LogP contribution >= 0.6 is 11.3 Å². The van der Waals surface area contributed by atoms with E-state index in [0.29, 0.717) is 17.8 Å². The number of thiophene rings is 1. The molecule has 2 heterocycles. The van der Waals surface area contributed by atoms with Crippen LogP contribution in [0.1, 0.15) is 30.0 Å². The average molecular weight is 329 g/mol. The number of aryl methyl sites for hydroxylation is 1. The second-order valence-electron chi connectivity index (χ2n) is 5.01. The van der Waals surface area contributed by atoms with E-state index in [9.17, 15) is 13.5 Å². The minimum Gasteiger partial charge on any atom is -0.392 e. The lowest BCUT2D eigenvalue weighted by atomic mass is 10.3. The van der Waals surface area contributed by atoms with E-state index in [4.69, 9.17) is 0 Å². The molecule has 116 valence electrons. The van der Waals surface area contributed by atoms with Crippen LogP contribution in [-0.2, 0) is 23.2 Å². The summed E-state index contributed by atoms with van der Waals surface area (Å²) in [6, 6.07) is 3.59. The Bertz CT molecular complexity index is 690. The van der Waals surface area contributed by atoms with Crippen LogP contribution in [0.3, 0.4) is 0 Å². The molecule has 2 aromatic rings. The summed E-state index contributed by atoms with van der Waals surface area (Å²) >= 11 is 1.51. The molecule has 0 fully saturated rings. The summed E-state index contributed by atoms with van der Waals surface area (Å²) in [6.45, 7) is 5.28. The zero-order valence-corrected chi connectivity index (χ0v) is 13.8. The van der Waals surface area contributed by atoms with Gasteiger partial charge in [-0.25, -0.2) is 8.42 Å². The highest BCUT2D eigenvalue weighted by Gasteiger charge is 2.32. The summed E-state index contributed by atoms with van der Waals surface area (Å²) in [5.41, 5.74) is 0.891. The van der Waals surface area contributed by atoms with Crippen LogP contribution in [0.25, 0.3) is 0 Å². The number of nitrogens with zero attached hydrogens (tertiary/aromatic N) is 2. The van der Waals surface area contributed by atoms with Gasteiger partial charge >= 0.3 is 0 Å². The highest BCUT2D eigenvalue weighted by molar-refractivity contribution is 7.89. The molecular formula is C13H19N3O3S2. The third kappa shape index (κ3) is 3.18. The maximum atomic E-state index is 12.8. The first-order valence-electron chi connectivity index (χ1n) is 6.56. The van der Waals surface area contributed by atoms with Crippen LogP contribution in [0.4, 0.5) is 0 Å². The van der Waals surface area contributed by atoms with Crippen LogP contribution in [-0.4, -0.2) is 34.1 Å². The summed E-state index contributed by atoms with van der Waals surface area (Å²) < 4.78 is 27.1. The zero-order valence-electron chi connectivity index (χ0n) is 12.2. The molecule has 0 unspecified atom stereocenters. The lowest BCUT2D eigenvalue weighted by Crippen LogP contribution is -2.36. The number of rotatable bonds is 6. The molecule has 0 saturated heterocycles. The predicted molar refractivity (Wildman–Crippen MR) is 81.4 cm³/mol. The van der Waals surface area contributed by atoms with Crippen molar-refractivity contribution in [2.75, 3.05) is 0 Å². The van der Waals surface area contributed by atoms with Gasteiger partial charge in [0.1, 0.15) is 0 Å². The van der Waals surface area contributed by atoms with Gasteiger partial charge in [-0.1, -0.05) is 6.07 Å². The Morgan fingerprint density at radius 2 is 2.19 bits per heavy atom. The molecule has 2 aromatic heterocycles. The largest absolute Gasteiger partial charge is 0.392 e. The summed E-state index contributed by atoms with van der Waals surface area (Å²) in [5, 5.41) is 17.7. The standard InChI is InChI=1S/C13H19N3O3S2/c1-9(2)16(7-11-5-4-6-20-11)21(18,19)13-12(8-17)10(3)14-15-13/h4-6,9,17H,7-8H2,1-3H3,(H,14,15). The molecule has 0 aliphatic carbocycles. The van der Waals surface area contributed by atoms with Gasteiger partial charge in [0, 0.05) is 28.7 Å². The van der Waals surface area contributed by atoms with Crippen molar-refractivity contribution in [2.45, 2.75) is 45.0 Å². The van der Waals surface area contributed by atoms with E-state index in [2.05, 4.69) is 10.2 Å². The van der Waals surface area contributed by atoms with E-state index in [1.165, 1.54) is 15.6 Å². The summed E-state index contributed by atoms with van der Waals surface area (Å²) in [7, 11) is -3.76. The molecule has 21 heavy (non-hydrogen) atoms. The number of H-pyrrole nitrogens is 1. The summed E-state index contributed by atoms with van der Waals surface area (Å²) in [6.07, 6.45) is 0. The van der Waals surface area contributed by atoms with Crippen molar-refractivity contribution in [1.82, 2.24) is 14.5 Å². The second-order valence-corrected chi connectivity index (χ2v) is 7.85. The lowest BCUT2D eigenvalue weighted by molar-refractivity contribution is 0.276. The Balaban J connectivity index is 2.42. The number of sulfonamides is 1. The van der Waals surface area contributed by atoms with E-state index in [0.717, 1.165) is 4.88 Å². The molecule has 0 aromatic carbocycles. The van der Waals surface area contributed by atoms with E-state index >= 15 is 0 Å². The number of aromatic amines is 1. The van der Waals surface area contributed by atoms with E-state index in [1.54, 1.807) is 6.92 Å². The number of nitrogens with one attached hydrogen (secondary N) is 1. The Morgan fingerprint density at radius 1 is 1.48 bits per heavy atom.